The van der Waals surface area contributed by atoms with Crippen molar-refractivity contribution >= 4 is 23.7 Å². The van der Waals surface area contributed by atoms with E-state index in [4.69, 9.17) is 0 Å². The molecule has 6 nitrogen and oxygen atoms in total. The minimum Gasteiger partial charge on any atom is -0.468 e. The van der Waals surface area contributed by atoms with Crippen molar-refractivity contribution in [1.29, 1.82) is 0 Å². The van der Waals surface area contributed by atoms with Crippen LogP contribution in [-0.2, 0) is 14.3 Å². The van der Waals surface area contributed by atoms with Gasteiger partial charge in [0.15, 0.2) is 5.69 Å². The lowest BCUT2D eigenvalue weighted by molar-refractivity contribution is -0.137. The van der Waals surface area contributed by atoms with Crippen LogP contribution in [0.25, 0.3) is 0 Å². The molecule has 0 spiro atoms. The molecule has 1 heterocycles. The monoisotopic (exact) mass is 242 g/mol. The molecule has 0 aliphatic carbocycles. The molecular weight excluding hydrogens is 232 g/mol. The number of esters is 2. The number of carbonyl (C=O) groups excluding carboxylic acids is 2. The molecule has 1 aromatic rings. The highest BCUT2D eigenvalue weighted by Crippen LogP contribution is 2.13. The Balaban J connectivity index is 2.58. The Morgan fingerprint density at radius 3 is 2.50 bits per heavy atom. The Morgan fingerprint density at radius 1 is 1.25 bits per heavy atom. The minimum absolute atomic E-state index is 0.130. The molecule has 0 atom stereocenters. The molecule has 0 amide bonds. The lowest BCUT2D eigenvalue weighted by Crippen LogP contribution is -2.06. The van der Waals surface area contributed by atoms with E-state index in [2.05, 4.69) is 19.4 Å². The van der Waals surface area contributed by atoms with Crippen molar-refractivity contribution in [2.75, 3.05) is 20.0 Å². The third-order valence-corrected chi connectivity index (χ3v) is 2.47. The zero-order chi connectivity index (χ0) is 12.0. The molecule has 0 aliphatic heterocycles. The average Bonchev–Trinajstić information content (AvgIpc) is 2.35. The molecule has 0 N–H and O–H groups in total. The lowest BCUT2D eigenvalue weighted by Gasteiger charge is -2.00. The van der Waals surface area contributed by atoms with Crippen LogP contribution in [0.1, 0.15) is 10.5 Å². The zero-order valence-corrected chi connectivity index (χ0v) is 9.61. The molecule has 0 saturated heterocycles. The molecule has 0 radical (unpaired) electrons. The standard InChI is InChI=1S/C9H10N2O4S/c1-14-8(12)5-16-7-4-10-6(3-11-7)9(13)15-2/h3-4H,5H2,1-2H3. The van der Waals surface area contributed by atoms with Crippen LogP contribution >= 0.6 is 11.8 Å². The van der Waals surface area contributed by atoms with Crippen molar-refractivity contribution < 1.29 is 19.1 Å². The highest BCUT2D eigenvalue weighted by Gasteiger charge is 2.08. The zero-order valence-electron chi connectivity index (χ0n) is 8.80. The van der Waals surface area contributed by atoms with E-state index < -0.39 is 5.97 Å². The van der Waals surface area contributed by atoms with Crippen LogP contribution in [0.15, 0.2) is 17.4 Å². The molecule has 0 aliphatic rings. The second-order valence-electron chi connectivity index (χ2n) is 2.60. The summed E-state index contributed by atoms with van der Waals surface area (Å²) in [5, 5.41) is 0.540. The molecule has 1 aromatic heterocycles. The molecule has 0 saturated carbocycles. The van der Waals surface area contributed by atoms with Gasteiger partial charge in [-0.25, -0.2) is 14.8 Å². The summed E-state index contributed by atoms with van der Waals surface area (Å²) >= 11 is 1.18. The van der Waals surface area contributed by atoms with Gasteiger partial charge in [-0.05, 0) is 0 Å². The van der Waals surface area contributed by atoms with Gasteiger partial charge in [-0.2, -0.15) is 0 Å². The van der Waals surface area contributed by atoms with Crippen molar-refractivity contribution in [2.45, 2.75) is 5.03 Å². The van der Waals surface area contributed by atoms with Crippen LogP contribution < -0.4 is 0 Å². The molecule has 0 bridgehead atoms. The van der Waals surface area contributed by atoms with E-state index in [1.165, 1.54) is 38.4 Å². The van der Waals surface area contributed by atoms with Crippen LogP contribution in [0.4, 0.5) is 0 Å². The van der Waals surface area contributed by atoms with E-state index in [1.807, 2.05) is 0 Å². The van der Waals surface area contributed by atoms with Crippen molar-refractivity contribution in [3.63, 3.8) is 0 Å². The molecule has 1 rings (SSSR count). The van der Waals surface area contributed by atoms with Crippen molar-refractivity contribution in [3.05, 3.63) is 18.1 Å². The summed E-state index contributed by atoms with van der Waals surface area (Å²) in [6.07, 6.45) is 2.70. The topological polar surface area (TPSA) is 78.4 Å². The number of hydrogen-bond donors (Lipinski definition) is 0. The summed E-state index contributed by atoms with van der Waals surface area (Å²) in [6.45, 7) is 0. The van der Waals surface area contributed by atoms with E-state index in [9.17, 15) is 9.59 Å². The molecule has 86 valence electrons. The van der Waals surface area contributed by atoms with Crippen LogP contribution in [0.2, 0.25) is 0 Å². The normalized spacial score (nSPS) is 9.62. The van der Waals surface area contributed by atoms with Gasteiger partial charge in [0.25, 0.3) is 0 Å². The first-order valence-electron chi connectivity index (χ1n) is 4.27. The van der Waals surface area contributed by atoms with Gasteiger partial charge in [0, 0.05) is 0 Å². The minimum atomic E-state index is -0.544. The van der Waals surface area contributed by atoms with Gasteiger partial charge in [0.1, 0.15) is 5.03 Å². The quantitative estimate of drug-likeness (QED) is 0.562. The Morgan fingerprint density at radius 2 is 2.00 bits per heavy atom. The van der Waals surface area contributed by atoms with Crippen molar-refractivity contribution in [2.24, 2.45) is 0 Å². The Kier molecular flexibility index (Phi) is 4.71. The second-order valence-corrected chi connectivity index (χ2v) is 3.59. The first-order chi connectivity index (χ1) is 7.67. The highest BCUT2D eigenvalue weighted by atomic mass is 32.2. The van der Waals surface area contributed by atoms with Gasteiger partial charge in [-0.15, -0.1) is 0 Å². The van der Waals surface area contributed by atoms with Crippen LogP contribution in [0.5, 0.6) is 0 Å². The Labute approximate surface area is 96.4 Å². The number of aromatic nitrogens is 2. The summed E-state index contributed by atoms with van der Waals surface area (Å²) in [4.78, 5) is 29.7. The molecular formula is C9H10N2O4S. The fourth-order valence-electron chi connectivity index (χ4n) is 0.792. The number of ether oxygens (including phenoxy) is 2. The van der Waals surface area contributed by atoms with E-state index in [1.54, 1.807) is 0 Å². The van der Waals surface area contributed by atoms with Crippen molar-refractivity contribution in [3.8, 4) is 0 Å². The van der Waals surface area contributed by atoms with E-state index >= 15 is 0 Å². The smallest absolute Gasteiger partial charge is 0.358 e. The van der Waals surface area contributed by atoms with Gasteiger partial charge >= 0.3 is 11.9 Å². The molecule has 16 heavy (non-hydrogen) atoms. The SMILES string of the molecule is COC(=O)CSc1cnc(C(=O)OC)cn1. The number of rotatable bonds is 4. The largest absolute Gasteiger partial charge is 0.468 e. The summed E-state index contributed by atoms with van der Waals surface area (Å²) in [7, 11) is 2.58. The number of hydrogen-bond acceptors (Lipinski definition) is 7. The highest BCUT2D eigenvalue weighted by molar-refractivity contribution is 7.99. The summed E-state index contributed by atoms with van der Waals surface area (Å²) < 4.78 is 8.94. The predicted octanol–water partition coefficient (Wildman–Crippen LogP) is 0.528. The lowest BCUT2D eigenvalue weighted by atomic mass is 10.5. The van der Waals surface area contributed by atoms with Crippen molar-refractivity contribution in [1.82, 2.24) is 9.97 Å². The number of carbonyl (C=O) groups is 2. The number of methoxy groups -OCH3 is 2. The Bertz CT molecular complexity index is 380. The molecule has 0 aromatic carbocycles. The molecule has 0 fully saturated rings. The Hall–Kier alpha value is -1.63. The van der Waals surface area contributed by atoms with E-state index in [-0.39, 0.29) is 17.4 Å². The number of nitrogens with zero attached hydrogens (tertiary/aromatic N) is 2. The van der Waals surface area contributed by atoms with Gasteiger partial charge in [-0.1, -0.05) is 11.8 Å². The molecule has 7 heteroatoms. The van der Waals surface area contributed by atoms with E-state index in [0.29, 0.717) is 5.03 Å². The fourth-order valence-corrected chi connectivity index (χ4v) is 1.43. The third kappa shape index (κ3) is 3.50. The number of thioether (sulfide) groups is 1. The van der Waals surface area contributed by atoms with Crippen LogP contribution in [0.3, 0.4) is 0 Å². The van der Waals surface area contributed by atoms with Gasteiger partial charge < -0.3 is 9.47 Å². The van der Waals surface area contributed by atoms with E-state index in [0.717, 1.165) is 0 Å². The molecule has 0 unspecified atom stereocenters. The maximum Gasteiger partial charge on any atom is 0.358 e. The first kappa shape index (κ1) is 12.4. The second kappa shape index (κ2) is 6.06. The van der Waals surface area contributed by atoms with Crippen LogP contribution in [0, 0.1) is 0 Å². The maximum absolute atomic E-state index is 11.0. The summed E-state index contributed by atoms with van der Waals surface area (Å²) in [5.74, 6) is -0.733. The van der Waals surface area contributed by atoms with Gasteiger partial charge in [0.05, 0.1) is 32.4 Å². The fraction of sp³-hybridized carbons (Fsp3) is 0.333. The third-order valence-electron chi connectivity index (χ3n) is 1.59. The summed E-state index contributed by atoms with van der Waals surface area (Å²) in [5.41, 5.74) is 0.130. The maximum atomic E-state index is 11.0. The van der Waals surface area contributed by atoms with Gasteiger partial charge in [-0.3, -0.25) is 4.79 Å². The van der Waals surface area contributed by atoms with Gasteiger partial charge in [0.2, 0.25) is 0 Å². The summed E-state index contributed by atoms with van der Waals surface area (Å²) in [6, 6.07) is 0. The average molecular weight is 242 g/mol. The predicted molar refractivity (Wildman–Crippen MR) is 56.1 cm³/mol. The first-order valence-corrected chi connectivity index (χ1v) is 5.26. The van der Waals surface area contributed by atoms with Crippen LogP contribution in [-0.4, -0.2) is 41.9 Å².